The Morgan fingerprint density at radius 3 is 1.97 bits per heavy atom. The summed E-state index contributed by atoms with van der Waals surface area (Å²) in [6.45, 7) is 5.58. The Hall–Kier alpha value is -3.86. The number of nitrogens with zero attached hydrogens (tertiary/aromatic N) is 3. The number of hydrogen-bond donors (Lipinski definition) is 2. The molecule has 5 nitrogen and oxygen atoms in total. The number of aromatic nitrogens is 2. The van der Waals surface area contributed by atoms with Gasteiger partial charge in [-0.2, -0.15) is 0 Å². The van der Waals surface area contributed by atoms with E-state index in [-0.39, 0.29) is 0 Å². The van der Waals surface area contributed by atoms with Gasteiger partial charge in [0.2, 0.25) is 0 Å². The third-order valence-corrected chi connectivity index (χ3v) is 5.36. The van der Waals surface area contributed by atoms with Crippen molar-refractivity contribution < 1.29 is 0 Å². The Balaban J connectivity index is 1.66. The molecule has 0 aliphatic carbocycles. The molecule has 31 heavy (non-hydrogen) atoms. The maximum absolute atomic E-state index is 6.58. The first-order valence-corrected chi connectivity index (χ1v) is 10.4. The highest BCUT2D eigenvalue weighted by molar-refractivity contribution is 5.78. The van der Waals surface area contributed by atoms with Crippen molar-refractivity contribution in [2.45, 2.75) is 26.9 Å². The number of benzene rings is 3. The molecule has 0 fully saturated rings. The number of anilines is 4. The highest BCUT2D eigenvalue weighted by Crippen LogP contribution is 2.31. The van der Waals surface area contributed by atoms with E-state index in [9.17, 15) is 0 Å². The van der Waals surface area contributed by atoms with Crippen molar-refractivity contribution in [2.75, 3.05) is 16.0 Å². The van der Waals surface area contributed by atoms with Gasteiger partial charge in [0.05, 0.1) is 0 Å². The van der Waals surface area contributed by atoms with Crippen LogP contribution in [0.3, 0.4) is 0 Å². The van der Waals surface area contributed by atoms with E-state index >= 15 is 0 Å². The van der Waals surface area contributed by atoms with Crippen LogP contribution in [0.5, 0.6) is 0 Å². The third-order valence-electron chi connectivity index (χ3n) is 5.36. The van der Waals surface area contributed by atoms with Crippen LogP contribution in [0.4, 0.5) is 23.0 Å². The van der Waals surface area contributed by atoms with Crippen LogP contribution in [0.1, 0.15) is 22.3 Å². The molecule has 0 amide bonds. The Labute approximate surface area is 183 Å². The molecule has 5 heteroatoms. The van der Waals surface area contributed by atoms with Gasteiger partial charge in [0.1, 0.15) is 12.0 Å². The monoisotopic (exact) mass is 409 g/mol. The van der Waals surface area contributed by atoms with Crippen LogP contribution in [0, 0.1) is 13.8 Å². The van der Waals surface area contributed by atoms with E-state index in [0.717, 1.165) is 5.69 Å². The highest BCUT2D eigenvalue weighted by atomic mass is 15.2. The summed E-state index contributed by atoms with van der Waals surface area (Å²) in [6, 6.07) is 26.9. The lowest BCUT2D eigenvalue weighted by Gasteiger charge is -2.26. The maximum atomic E-state index is 6.58. The molecule has 0 bridgehead atoms. The molecule has 0 aliphatic heterocycles. The zero-order valence-electron chi connectivity index (χ0n) is 17.9. The van der Waals surface area contributed by atoms with Crippen LogP contribution in [0.25, 0.3) is 0 Å². The molecule has 0 spiro atoms. The first-order chi connectivity index (χ1) is 15.1. The van der Waals surface area contributed by atoms with Crippen molar-refractivity contribution in [1.82, 2.24) is 9.97 Å². The smallest absolute Gasteiger partial charge is 0.159 e. The summed E-state index contributed by atoms with van der Waals surface area (Å²) in [5.74, 6) is 1.33. The number of rotatable bonds is 7. The Bertz CT molecular complexity index is 1100. The summed E-state index contributed by atoms with van der Waals surface area (Å²) in [4.78, 5) is 11.2. The van der Waals surface area contributed by atoms with Crippen LogP contribution < -0.4 is 16.0 Å². The number of hydrogen-bond acceptors (Lipinski definition) is 5. The lowest BCUT2D eigenvalue weighted by molar-refractivity contribution is 0.782. The van der Waals surface area contributed by atoms with Crippen molar-refractivity contribution in [1.29, 1.82) is 0 Å². The fourth-order valence-electron chi connectivity index (χ4n) is 3.51. The van der Waals surface area contributed by atoms with Gasteiger partial charge in [-0.15, -0.1) is 0 Å². The molecule has 1 heterocycles. The quantitative estimate of drug-likeness (QED) is 0.414. The lowest BCUT2D eigenvalue weighted by Crippen LogP contribution is -2.24. The van der Waals surface area contributed by atoms with Crippen molar-refractivity contribution in [3.05, 3.63) is 107 Å². The Kier molecular flexibility index (Phi) is 6.13. The molecule has 4 aromatic rings. The number of aryl methyl sites for hydroxylation is 2. The van der Waals surface area contributed by atoms with Crippen LogP contribution >= 0.6 is 0 Å². The maximum Gasteiger partial charge on any atom is 0.159 e. The van der Waals surface area contributed by atoms with Gasteiger partial charge < -0.3 is 16.0 Å². The van der Waals surface area contributed by atoms with Gasteiger partial charge in [-0.1, -0.05) is 66.7 Å². The van der Waals surface area contributed by atoms with E-state index in [0.29, 0.717) is 30.4 Å². The van der Waals surface area contributed by atoms with Gasteiger partial charge in [-0.25, -0.2) is 9.97 Å². The fraction of sp³-hybridized carbons (Fsp3) is 0.154. The van der Waals surface area contributed by atoms with Crippen molar-refractivity contribution >= 4 is 23.0 Å². The molecule has 0 unspecified atom stereocenters. The normalized spacial score (nSPS) is 10.6. The zero-order chi connectivity index (χ0) is 21.6. The Morgan fingerprint density at radius 2 is 1.39 bits per heavy atom. The molecule has 1 aromatic heterocycles. The first kappa shape index (κ1) is 20.4. The molecular weight excluding hydrogens is 382 g/mol. The topological polar surface area (TPSA) is 67.1 Å². The van der Waals surface area contributed by atoms with E-state index in [4.69, 9.17) is 5.73 Å². The predicted molar refractivity (Wildman–Crippen MR) is 128 cm³/mol. The average molecular weight is 410 g/mol. The molecule has 0 atom stereocenters. The summed E-state index contributed by atoms with van der Waals surface area (Å²) in [6.07, 6.45) is 1.57. The molecule has 156 valence electrons. The van der Waals surface area contributed by atoms with Crippen molar-refractivity contribution in [3.63, 3.8) is 0 Å². The lowest BCUT2D eigenvalue weighted by atomic mass is 10.1. The SMILES string of the molecule is Cc1ccc(Nc2ncnc(N(Cc3ccccc3)Cc3ccccc3)c2N)cc1C. The summed E-state index contributed by atoms with van der Waals surface area (Å²) in [5, 5.41) is 3.36. The summed E-state index contributed by atoms with van der Waals surface area (Å²) in [5.41, 5.74) is 12.9. The van der Waals surface area contributed by atoms with Gasteiger partial charge in [-0.05, 0) is 48.2 Å². The molecule has 4 rings (SSSR count). The van der Waals surface area contributed by atoms with Crippen LogP contribution in [0.15, 0.2) is 85.2 Å². The summed E-state index contributed by atoms with van der Waals surface area (Å²) >= 11 is 0. The molecule has 0 saturated carbocycles. The molecule has 0 saturated heterocycles. The fourth-order valence-corrected chi connectivity index (χ4v) is 3.51. The predicted octanol–water partition coefficient (Wildman–Crippen LogP) is 5.63. The van der Waals surface area contributed by atoms with Crippen LogP contribution in [-0.4, -0.2) is 9.97 Å². The standard InChI is InChI=1S/C26H27N5/c1-19-13-14-23(15-20(19)2)30-25-24(27)26(29-18-28-25)31(16-21-9-5-3-6-10-21)17-22-11-7-4-8-12-22/h3-15,18H,16-17,27H2,1-2H3,(H,28,29,30). The van der Waals surface area contributed by atoms with Gasteiger partial charge in [0.25, 0.3) is 0 Å². The molecule has 0 aliphatic rings. The zero-order valence-corrected chi connectivity index (χ0v) is 17.9. The number of nitrogens with one attached hydrogen (secondary N) is 1. The van der Waals surface area contributed by atoms with E-state index in [2.05, 4.69) is 70.4 Å². The minimum atomic E-state index is 0.535. The average Bonchev–Trinajstić information content (AvgIpc) is 2.79. The van der Waals surface area contributed by atoms with E-state index in [1.807, 2.05) is 42.5 Å². The first-order valence-electron chi connectivity index (χ1n) is 10.4. The van der Waals surface area contributed by atoms with E-state index in [1.54, 1.807) is 6.33 Å². The summed E-state index contributed by atoms with van der Waals surface area (Å²) in [7, 11) is 0. The molecule has 3 aromatic carbocycles. The van der Waals surface area contributed by atoms with Crippen molar-refractivity contribution in [2.24, 2.45) is 0 Å². The second kappa shape index (κ2) is 9.30. The van der Waals surface area contributed by atoms with E-state index in [1.165, 1.54) is 22.3 Å². The number of nitrogen functional groups attached to an aromatic ring is 1. The second-order valence-electron chi connectivity index (χ2n) is 7.71. The summed E-state index contributed by atoms with van der Waals surface area (Å²) < 4.78 is 0. The largest absolute Gasteiger partial charge is 0.393 e. The molecular formula is C26H27N5. The van der Waals surface area contributed by atoms with Gasteiger partial charge >= 0.3 is 0 Å². The highest BCUT2D eigenvalue weighted by Gasteiger charge is 2.17. The minimum Gasteiger partial charge on any atom is -0.393 e. The van der Waals surface area contributed by atoms with Gasteiger partial charge in [0, 0.05) is 18.8 Å². The van der Waals surface area contributed by atoms with Crippen LogP contribution in [0.2, 0.25) is 0 Å². The molecule has 0 radical (unpaired) electrons. The van der Waals surface area contributed by atoms with E-state index < -0.39 is 0 Å². The van der Waals surface area contributed by atoms with Gasteiger partial charge in [0.15, 0.2) is 11.6 Å². The Morgan fingerprint density at radius 1 is 0.774 bits per heavy atom. The van der Waals surface area contributed by atoms with Crippen molar-refractivity contribution in [3.8, 4) is 0 Å². The minimum absolute atomic E-state index is 0.535. The van der Waals surface area contributed by atoms with Gasteiger partial charge in [-0.3, -0.25) is 0 Å². The number of nitrogens with two attached hydrogens (primary N) is 1. The second-order valence-corrected chi connectivity index (χ2v) is 7.71. The third kappa shape index (κ3) is 5.01. The molecule has 3 N–H and O–H groups in total. The van der Waals surface area contributed by atoms with Crippen LogP contribution in [-0.2, 0) is 13.1 Å².